The Kier molecular flexibility index (Phi) is 5.34. The molecule has 0 bridgehead atoms. The zero-order chi connectivity index (χ0) is 21.1. The monoisotopic (exact) mass is 411 g/mol. The van der Waals surface area contributed by atoms with Crippen molar-refractivity contribution in [3.63, 3.8) is 0 Å². The predicted molar refractivity (Wildman–Crippen MR) is 106 cm³/mol. The van der Waals surface area contributed by atoms with E-state index < -0.39 is 23.4 Å². The van der Waals surface area contributed by atoms with Crippen molar-refractivity contribution >= 4 is 11.6 Å². The number of hydrogen-bond acceptors (Lipinski definition) is 6. The van der Waals surface area contributed by atoms with E-state index in [1.807, 2.05) is 0 Å². The highest BCUT2D eigenvalue weighted by Crippen LogP contribution is 2.37. The summed E-state index contributed by atoms with van der Waals surface area (Å²) in [7, 11) is 0. The number of para-hydroxylation sites is 1. The molecular weight excluding hydrogens is 393 g/mol. The average molecular weight is 411 g/mol. The van der Waals surface area contributed by atoms with Gasteiger partial charge in [-0.3, -0.25) is 9.59 Å². The van der Waals surface area contributed by atoms with Gasteiger partial charge in [-0.15, -0.1) is 5.10 Å². The Balaban J connectivity index is 1.49. The number of aromatic nitrogens is 2. The van der Waals surface area contributed by atoms with Crippen molar-refractivity contribution in [1.29, 1.82) is 0 Å². The Labute approximate surface area is 170 Å². The van der Waals surface area contributed by atoms with Gasteiger partial charge in [0.2, 0.25) is 5.88 Å². The number of carbonyl (C=O) groups excluding carboxylic acids is 1. The van der Waals surface area contributed by atoms with E-state index in [1.54, 1.807) is 25.1 Å². The number of nitrogens with zero attached hydrogens (tertiary/aromatic N) is 2. The maximum atomic E-state index is 13.1. The van der Waals surface area contributed by atoms with Crippen LogP contribution in [0, 0.1) is 5.82 Å². The lowest BCUT2D eigenvalue weighted by molar-refractivity contribution is -0.122. The van der Waals surface area contributed by atoms with Crippen LogP contribution in [0.4, 0.5) is 10.1 Å². The van der Waals surface area contributed by atoms with Gasteiger partial charge in [0.05, 0.1) is 11.4 Å². The predicted octanol–water partition coefficient (Wildman–Crippen LogP) is 2.55. The van der Waals surface area contributed by atoms with Gasteiger partial charge < -0.3 is 19.5 Å². The molecule has 9 heteroatoms. The first kappa shape index (κ1) is 19.4. The molecule has 8 nitrogen and oxygen atoms in total. The van der Waals surface area contributed by atoms with Crippen LogP contribution in [0.5, 0.6) is 17.4 Å². The molecule has 30 heavy (non-hydrogen) atoms. The molecule has 1 atom stereocenters. The molecule has 0 aliphatic carbocycles. The summed E-state index contributed by atoms with van der Waals surface area (Å²) in [6.07, 6.45) is -0.919. The van der Waals surface area contributed by atoms with Crippen LogP contribution in [0.25, 0.3) is 5.69 Å². The molecule has 1 amide bonds. The highest BCUT2D eigenvalue weighted by molar-refractivity contribution is 5.95. The van der Waals surface area contributed by atoms with Gasteiger partial charge in [-0.1, -0.05) is 6.07 Å². The number of amides is 1. The fraction of sp³-hybridized carbons (Fsp3) is 0.190. The van der Waals surface area contributed by atoms with Crippen molar-refractivity contribution < 1.29 is 23.4 Å². The molecule has 1 aliphatic rings. The van der Waals surface area contributed by atoms with E-state index in [9.17, 15) is 14.0 Å². The summed E-state index contributed by atoms with van der Waals surface area (Å²) < 4.78 is 30.9. The van der Waals surface area contributed by atoms with Crippen molar-refractivity contribution in [3.8, 4) is 23.1 Å². The third-order valence-electron chi connectivity index (χ3n) is 4.34. The Morgan fingerprint density at radius 1 is 1.13 bits per heavy atom. The Morgan fingerprint density at radius 3 is 2.70 bits per heavy atom. The topological polar surface area (TPSA) is 91.7 Å². The Morgan fingerprint density at radius 2 is 1.90 bits per heavy atom. The molecule has 154 valence electrons. The number of hydrogen-bond donors (Lipinski definition) is 1. The largest absolute Gasteiger partial charge is 0.486 e. The fourth-order valence-corrected chi connectivity index (χ4v) is 2.87. The molecule has 2 heterocycles. The maximum Gasteiger partial charge on any atom is 0.271 e. The quantitative estimate of drug-likeness (QED) is 0.694. The number of fused-ring (bicyclic) bond motifs is 1. The lowest BCUT2D eigenvalue weighted by atomic mass is 10.2. The molecule has 1 aliphatic heterocycles. The first-order chi connectivity index (χ1) is 14.5. The minimum absolute atomic E-state index is 0.0660. The molecule has 2 aromatic carbocycles. The van der Waals surface area contributed by atoms with Gasteiger partial charge in [0.25, 0.3) is 11.5 Å². The van der Waals surface area contributed by atoms with Crippen LogP contribution in [-0.4, -0.2) is 35.0 Å². The zero-order valence-corrected chi connectivity index (χ0v) is 16.0. The molecule has 0 spiro atoms. The van der Waals surface area contributed by atoms with Crippen LogP contribution in [0.3, 0.4) is 0 Å². The minimum Gasteiger partial charge on any atom is -0.486 e. The molecule has 3 aromatic rings. The van der Waals surface area contributed by atoms with Crippen LogP contribution in [0.15, 0.2) is 59.4 Å². The third kappa shape index (κ3) is 4.09. The van der Waals surface area contributed by atoms with Crippen LogP contribution in [0.2, 0.25) is 0 Å². The van der Waals surface area contributed by atoms with Crippen molar-refractivity contribution in [2.75, 3.05) is 18.5 Å². The highest BCUT2D eigenvalue weighted by atomic mass is 19.1. The van der Waals surface area contributed by atoms with Gasteiger partial charge in [0, 0.05) is 12.1 Å². The molecule has 1 N–H and O–H groups in total. The summed E-state index contributed by atoms with van der Waals surface area (Å²) in [4.78, 5) is 24.7. The van der Waals surface area contributed by atoms with Crippen LogP contribution < -0.4 is 25.1 Å². The summed E-state index contributed by atoms with van der Waals surface area (Å²) in [5, 5.41) is 6.85. The number of halogens is 1. The molecule has 1 aromatic heterocycles. The lowest BCUT2D eigenvalue weighted by Gasteiger charge is -2.22. The van der Waals surface area contributed by atoms with E-state index in [4.69, 9.17) is 14.2 Å². The van der Waals surface area contributed by atoms with Crippen LogP contribution in [0.1, 0.15) is 6.92 Å². The highest BCUT2D eigenvalue weighted by Gasteiger charge is 2.21. The first-order valence-electron chi connectivity index (χ1n) is 9.24. The number of benzene rings is 2. The summed E-state index contributed by atoms with van der Waals surface area (Å²) in [6, 6.07) is 13.1. The number of carbonyl (C=O) groups is 1. The van der Waals surface area contributed by atoms with Gasteiger partial charge in [-0.2, -0.15) is 4.68 Å². The van der Waals surface area contributed by atoms with Gasteiger partial charge in [-0.25, -0.2) is 4.39 Å². The summed E-state index contributed by atoms with van der Waals surface area (Å²) >= 11 is 0. The molecular formula is C21H18FN3O5. The van der Waals surface area contributed by atoms with Crippen molar-refractivity contribution in [2.45, 2.75) is 13.0 Å². The van der Waals surface area contributed by atoms with E-state index in [0.717, 1.165) is 4.68 Å². The molecule has 0 fully saturated rings. The van der Waals surface area contributed by atoms with Crippen molar-refractivity contribution in [1.82, 2.24) is 9.78 Å². The van der Waals surface area contributed by atoms with E-state index in [1.165, 1.54) is 36.4 Å². The summed E-state index contributed by atoms with van der Waals surface area (Å²) in [6.45, 7) is 2.39. The molecule has 0 saturated heterocycles. The Bertz CT molecular complexity index is 1130. The summed E-state index contributed by atoms with van der Waals surface area (Å²) in [5.74, 6) is 0.227. The van der Waals surface area contributed by atoms with E-state index in [-0.39, 0.29) is 5.88 Å². The third-order valence-corrected chi connectivity index (χ3v) is 4.34. The number of nitrogens with one attached hydrogen (secondary N) is 1. The minimum atomic E-state index is -0.919. The fourth-order valence-electron chi connectivity index (χ4n) is 2.87. The molecule has 0 saturated carbocycles. The van der Waals surface area contributed by atoms with E-state index in [2.05, 4.69) is 10.4 Å². The number of rotatable bonds is 5. The van der Waals surface area contributed by atoms with Crippen molar-refractivity contribution in [3.05, 3.63) is 70.8 Å². The van der Waals surface area contributed by atoms with E-state index in [0.29, 0.717) is 36.1 Å². The molecule has 0 radical (unpaired) electrons. The molecule has 4 rings (SSSR count). The maximum absolute atomic E-state index is 13.1. The van der Waals surface area contributed by atoms with Gasteiger partial charge in [-0.05, 0) is 43.3 Å². The number of anilines is 1. The van der Waals surface area contributed by atoms with Crippen LogP contribution in [-0.2, 0) is 4.79 Å². The SMILES string of the molecule is CC(Oc1ccc(=O)n(-c2ccc(F)cc2)n1)C(=O)Nc1cccc2c1OCCO2. The second-order valence-electron chi connectivity index (χ2n) is 6.48. The smallest absolute Gasteiger partial charge is 0.271 e. The van der Waals surface area contributed by atoms with Crippen molar-refractivity contribution in [2.24, 2.45) is 0 Å². The standard InChI is InChI=1S/C21H18FN3O5/c1-13(21(27)23-16-3-2-4-17-20(16)29-12-11-28-17)30-18-9-10-19(26)25(24-18)15-7-5-14(22)6-8-15/h2-10,13H,11-12H2,1H3,(H,23,27). The van der Waals surface area contributed by atoms with Gasteiger partial charge in [0.15, 0.2) is 17.6 Å². The van der Waals surface area contributed by atoms with Crippen LogP contribution >= 0.6 is 0 Å². The first-order valence-corrected chi connectivity index (χ1v) is 9.24. The Hall–Kier alpha value is -3.88. The normalized spacial score (nSPS) is 13.4. The number of ether oxygens (including phenoxy) is 3. The zero-order valence-electron chi connectivity index (χ0n) is 16.0. The van der Waals surface area contributed by atoms with Gasteiger partial charge in [0.1, 0.15) is 19.0 Å². The second kappa shape index (κ2) is 8.24. The lowest BCUT2D eigenvalue weighted by Crippen LogP contribution is -2.31. The molecule has 1 unspecified atom stereocenters. The van der Waals surface area contributed by atoms with E-state index >= 15 is 0 Å². The summed E-state index contributed by atoms with van der Waals surface area (Å²) in [5.41, 5.74) is 0.424. The average Bonchev–Trinajstić information content (AvgIpc) is 2.76. The second-order valence-corrected chi connectivity index (χ2v) is 6.48. The van der Waals surface area contributed by atoms with Gasteiger partial charge >= 0.3 is 0 Å².